The quantitative estimate of drug-likeness (QED) is 0.421. The zero-order valence-corrected chi connectivity index (χ0v) is 28.5. The molecule has 4 amide bonds. The highest BCUT2D eigenvalue weighted by molar-refractivity contribution is 6.07. The summed E-state index contributed by atoms with van der Waals surface area (Å²) in [5.74, 6) is -1.62. The zero-order chi connectivity index (χ0) is 35.6. The van der Waals surface area contributed by atoms with Gasteiger partial charge in [0.05, 0.1) is 11.5 Å². The van der Waals surface area contributed by atoms with Crippen LogP contribution in [0.15, 0.2) is 24.3 Å². The van der Waals surface area contributed by atoms with Gasteiger partial charge in [-0.1, -0.05) is 52.8 Å². The van der Waals surface area contributed by atoms with Crippen molar-refractivity contribution in [3.63, 3.8) is 0 Å². The summed E-state index contributed by atoms with van der Waals surface area (Å²) in [5, 5.41) is 15.7. The summed E-state index contributed by atoms with van der Waals surface area (Å²) in [4.78, 5) is 56.2. The molecule has 13 heteroatoms. The van der Waals surface area contributed by atoms with Gasteiger partial charge in [0.15, 0.2) is 0 Å². The van der Waals surface area contributed by atoms with Gasteiger partial charge in [-0.2, -0.15) is 5.26 Å². The SMILES string of the molecule is CC.CC(C)(C)C(NC=O)C(=O)N1CC2C3CC(F)C(C3)C2C1C(=O)N1CC2(CC1C#N)C(=O)Nc1ccccc12.COC(CF)CF. The number of amides is 4. The standard InChI is InChI=1S/C29H34FN5O4.C4H8F2O.C2H6/c1-28(2,3)24(32-14-36)26(38)34-12-18-15-8-17(20(30)9-15)22(18)23(34)25(37)35-13-29(10-16(35)11-31)19-6-4-5-7-21(19)33-27(29)39;1-7-4(2-5)3-6;1-2/h4-7,14-18,20,22-24H,8-10,12-13H2,1-3H3,(H,32,36)(H,33,39);4H,2-3H2,1H3;1-2H3. The van der Waals surface area contributed by atoms with E-state index in [4.69, 9.17) is 0 Å². The molecule has 1 aromatic rings. The Kier molecular flexibility index (Phi) is 11.5. The van der Waals surface area contributed by atoms with Crippen molar-refractivity contribution in [3.8, 4) is 6.07 Å². The summed E-state index contributed by atoms with van der Waals surface area (Å²) in [6.45, 7) is 8.37. The third kappa shape index (κ3) is 6.40. The molecule has 0 aromatic heterocycles. The number of benzene rings is 1. The van der Waals surface area contributed by atoms with E-state index in [1.165, 1.54) is 12.0 Å². The van der Waals surface area contributed by atoms with Crippen molar-refractivity contribution in [2.75, 3.05) is 38.9 Å². The molecule has 9 unspecified atom stereocenters. The molecule has 0 radical (unpaired) electrons. The Labute approximate surface area is 280 Å². The minimum Gasteiger partial charge on any atom is -0.376 e. The van der Waals surface area contributed by atoms with Crippen LogP contribution in [0.2, 0.25) is 0 Å². The number of halogens is 3. The molecule has 2 N–H and O–H groups in total. The predicted molar refractivity (Wildman–Crippen MR) is 173 cm³/mol. The molecule has 264 valence electrons. The Morgan fingerprint density at radius 1 is 1.17 bits per heavy atom. The number of hydrogen-bond acceptors (Lipinski definition) is 6. The lowest BCUT2D eigenvalue weighted by Crippen LogP contribution is -2.58. The highest BCUT2D eigenvalue weighted by Gasteiger charge is 2.65. The third-order valence-electron chi connectivity index (χ3n) is 10.7. The largest absolute Gasteiger partial charge is 0.376 e. The second-order valence-electron chi connectivity index (χ2n) is 14.2. The molecular weight excluding hydrogens is 627 g/mol. The van der Waals surface area contributed by atoms with Gasteiger partial charge in [-0.25, -0.2) is 13.2 Å². The molecule has 2 aliphatic carbocycles. The van der Waals surface area contributed by atoms with E-state index in [1.807, 2.05) is 52.8 Å². The van der Waals surface area contributed by atoms with Gasteiger partial charge in [0.25, 0.3) is 0 Å². The molecule has 2 saturated heterocycles. The van der Waals surface area contributed by atoms with Crippen LogP contribution < -0.4 is 10.6 Å². The first kappa shape index (κ1) is 37.2. The fourth-order valence-corrected chi connectivity index (χ4v) is 8.50. The molecule has 9 atom stereocenters. The monoisotopic (exact) mass is 675 g/mol. The van der Waals surface area contributed by atoms with Gasteiger partial charge in [-0.05, 0) is 53.6 Å². The maximum atomic E-state index is 15.1. The number of ether oxygens (including phenoxy) is 1. The molecule has 2 saturated carbocycles. The number of hydrogen-bond donors (Lipinski definition) is 2. The second kappa shape index (κ2) is 14.8. The zero-order valence-electron chi connectivity index (χ0n) is 28.5. The minimum atomic E-state index is -1.05. The van der Waals surface area contributed by atoms with Crippen molar-refractivity contribution in [2.24, 2.45) is 29.1 Å². The summed E-state index contributed by atoms with van der Waals surface area (Å²) in [6.07, 6.45) is -0.0952. The Bertz CT molecular complexity index is 1390. The number of para-hydroxylation sites is 1. The summed E-state index contributed by atoms with van der Waals surface area (Å²) in [6, 6.07) is 6.85. The van der Waals surface area contributed by atoms with Crippen LogP contribution in [0.4, 0.5) is 18.9 Å². The van der Waals surface area contributed by atoms with Crippen LogP contribution in [0.3, 0.4) is 0 Å². The lowest BCUT2D eigenvalue weighted by Gasteiger charge is -2.38. The number of carbonyl (C=O) groups is 4. The highest BCUT2D eigenvalue weighted by atomic mass is 19.1. The van der Waals surface area contributed by atoms with Gasteiger partial charge >= 0.3 is 0 Å². The topological polar surface area (TPSA) is 132 Å². The van der Waals surface area contributed by atoms with Crippen molar-refractivity contribution in [2.45, 2.75) is 89.7 Å². The van der Waals surface area contributed by atoms with E-state index >= 15 is 4.39 Å². The molecule has 48 heavy (non-hydrogen) atoms. The van der Waals surface area contributed by atoms with Gasteiger partial charge < -0.3 is 25.2 Å². The van der Waals surface area contributed by atoms with Gasteiger partial charge in [-0.15, -0.1) is 0 Å². The minimum absolute atomic E-state index is 0.00986. The summed E-state index contributed by atoms with van der Waals surface area (Å²) >= 11 is 0. The molecule has 1 spiro atoms. The lowest BCUT2D eigenvalue weighted by molar-refractivity contribution is -0.148. The van der Waals surface area contributed by atoms with Crippen LogP contribution in [-0.2, 0) is 29.3 Å². The van der Waals surface area contributed by atoms with Crippen LogP contribution in [0.1, 0.15) is 59.4 Å². The Hall–Kier alpha value is -3.66. The number of nitrogens with zero attached hydrogens (tertiary/aromatic N) is 3. The summed E-state index contributed by atoms with van der Waals surface area (Å²) in [7, 11) is 1.28. The van der Waals surface area contributed by atoms with Crippen molar-refractivity contribution in [3.05, 3.63) is 29.8 Å². The summed E-state index contributed by atoms with van der Waals surface area (Å²) in [5.41, 5.74) is -0.241. The predicted octanol–water partition coefficient (Wildman–Crippen LogP) is 3.95. The van der Waals surface area contributed by atoms with E-state index in [-0.39, 0.29) is 48.5 Å². The third-order valence-corrected chi connectivity index (χ3v) is 10.7. The fourth-order valence-electron chi connectivity index (χ4n) is 8.50. The first-order valence-electron chi connectivity index (χ1n) is 16.8. The maximum absolute atomic E-state index is 15.1. The molecule has 3 heterocycles. The van der Waals surface area contributed by atoms with E-state index < -0.39 is 60.5 Å². The second-order valence-corrected chi connectivity index (χ2v) is 14.2. The number of fused-ring (bicyclic) bond motifs is 7. The number of rotatable bonds is 7. The highest BCUT2D eigenvalue weighted by Crippen LogP contribution is 2.59. The van der Waals surface area contributed by atoms with Gasteiger partial charge in [0, 0.05) is 32.3 Å². The molecule has 5 aliphatic rings. The lowest BCUT2D eigenvalue weighted by atomic mass is 9.77. The summed E-state index contributed by atoms with van der Waals surface area (Å²) < 4.78 is 42.0. The number of nitriles is 1. The molecule has 10 nitrogen and oxygen atoms in total. The maximum Gasteiger partial charge on any atom is 0.246 e. The Morgan fingerprint density at radius 3 is 2.40 bits per heavy atom. The Morgan fingerprint density at radius 2 is 1.83 bits per heavy atom. The molecule has 3 aliphatic heterocycles. The molecule has 1 aromatic carbocycles. The van der Waals surface area contributed by atoms with Crippen LogP contribution >= 0.6 is 0 Å². The molecule has 6 rings (SSSR count). The number of carbonyl (C=O) groups excluding carboxylic acids is 4. The van der Waals surface area contributed by atoms with Gasteiger partial charge in [0.1, 0.15) is 43.8 Å². The van der Waals surface area contributed by atoms with Crippen LogP contribution in [-0.4, -0.2) is 97.9 Å². The molecular formula is C35H48F3N5O5. The average molecular weight is 676 g/mol. The Balaban J connectivity index is 0.000000516. The van der Waals surface area contributed by atoms with Gasteiger partial charge in [-0.3, -0.25) is 19.2 Å². The average Bonchev–Trinajstić information content (AvgIpc) is 3.88. The van der Waals surface area contributed by atoms with E-state index in [2.05, 4.69) is 21.4 Å². The van der Waals surface area contributed by atoms with Crippen LogP contribution in [0, 0.1) is 40.4 Å². The van der Waals surface area contributed by atoms with Crippen molar-refractivity contribution < 1.29 is 37.1 Å². The smallest absolute Gasteiger partial charge is 0.246 e. The normalized spacial score (nSPS) is 31.6. The first-order valence-corrected chi connectivity index (χ1v) is 16.8. The number of methoxy groups -OCH3 is 1. The molecule has 2 bridgehead atoms. The van der Waals surface area contributed by atoms with E-state index in [9.17, 15) is 33.2 Å². The fraction of sp³-hybridized carbons (Fsp3) is 0.686. The van der Waals surface area contributed by atoms with E-state index in [0.29, 0.717) is 31.5 Å². The number of nitrogens with one attached hydrogen (secondary N) is 2. The number of alkyl halides is 3. The van der Waals surface area contributed by atoms with Crippen molar-refractivity contribution in [1.82, 2.24) is 15.1 Å². The van der Waals surface area contributed by atoms with Gasteiger partial charge in [0.2, 0.25) is 24.1 Å². The van der Waals surface area contributed by atoms with Crippen LogP contribution in [0.5, 0.6) is 0 Å². The number of likely N-dealkylation sites (tertiary alicyclic amines) is 2. The van der Waals surface area contributed by atoms with Crippen molar-refractivity contribution >= 4 is 29.8 Å². The number of anilines is 1. The van der Waals surface area contributed by atoms with E-state index in [1.54, 1.807) is 11.0 Å². The van der Waals surface area contributed by atoms with E-state index in [0.717, 1.165) is 5.56 Å². The van der Waals surface area contributed by atoms with Crippen molar-refractivity contribution in [1.29, 1.82) is 5.26 Å². The van der Waals surface area contributed by atoms with Crippen LogP contribution in [0.25, 0.3) is 0 Å². The first-order chi connectivity index (χ1) is 22.9. The molecule has 4 fully saturated rings.